The molecule has 1 fully saturated rings. The normalized spacial score (nSPS) is 22.5. The highest BCUT2D eigenvalue weighted by Gasteiger charge is 2.10. The summed E-state index contributed by atoms with van der Waals surface area (Å²) in [5.41, 5.74) is 0. The fourth-order valence-corrected chi connectivity index (χ4v) is 1.44. The van der Waals surface area contributed by atoms with Crippen LogP contribution in [-0.2, 0) is 4.74 Å². The number of hydrogen-bond acceptors (Lipinski definition) is 2. The van der Waals surface area contributed by atoms with Gasteiger partial charge in [-0.3, -0.25) is 4.90 Å². The lowest BCUT2D eigenvalue weighted by molar-refractivity contribution is -0.0223. The lowest BCUT2D eigenvalue weighted by Crippen LogP contribution is -2.33. The van der Waals surface area contributed by atoms with Crippen LogP contribution in [0.15, 0.2) is 0 Å². The minimum Gasteiger partial charge on any atom is -0.363 e. The standard InChI is InChI=1S/C10H21NO/c1-3-10(2)12-9-11-7-5-4-6-8-11/h10H,3-9H2,1-2H3. The Kier molecular flexibility index (Phi) is 4.62. The molecule has 0 aromatic heterocycles. The molecule has 1 unspecified atom stereocenters. The van der Waals surface area contributed by atoms with Crippen molar-refractivity contribution in [2.24, 2.45) is 0 Å². The second kappa shape index (κ2) is 5.55. The molecule has 1 saturated heterocycles. The zero-order valence-corrected chi connectivity index (χ0v) is 8.38. The van der Waals surface area contributed by atoms with Gasteiger partial charge in [0.25, 0.3) is 0 Å². The van der Waals surface area contributed by atoms with Crippen molar-refractivity contribution < 1.29 is 4.74 Å². The third-order valence-corrected chi connectivity index (χ3v) is 2.57. The molecular weight excluding hydrogens is 150 g/mol. The first-order valence-corrected chi connectivity index (χ1v) is 5.17. The van der Waals surface area contributed by atoms with Crippen LogP contribution in [0.25, 0.3) is 0 Å². The second-order valence-electron chi connectivity index (χ2n) is 3.69. The second-order valence-corrected chi connectivity index (χ2v) is 3.69. The SMILES string of the molecule is CCC(C)OCN1CCCCC1. The van der Waals surface area contributed by atoms with Gasteiger partial charge < -0.3 is 4.74 Å². The van der Waals surface area contributed by atoms with E-state index in [1.165, 1.54) is 32.4 Å². The largest absolute Gasteiger partial charge is 0.363 e. The highest BCUT2D eigenvalue weighted by molar-refractivity contribution is 4.61. The van der Waals surface area contributed by atoms with Crippen molar-refractivity contribution in [3.63, 3.8) is 0 Å². The predicted octanol–water partition coefficient (Wildman–Crippen LogP) is 2.24. The van der Waals surface area contributed by atoms with E-state index in [1.807, 2.05) is 0 Å². The molecule has 1 aliphatic heterocycles. The Hall–Kier alpha value is -0.0800. The summed E-state index contributed by atoms with van der Waals surface area (Å²) in [5, 5.41) is 0. The Balaban J connectivity index is 2.05. The van der Waals surface area contributed by atoms with Crippen LogP contribution >= 0.6 is 0 Å². The maximum Gasteiger partial charge on any atom is 0.0993 e. The molecular formula is C10H21NO. The Labute approximate surface area is 75.9 Å². The maximum absolute atomic E-state index is 5.66. The molecule has 0 N–H and O–H groups in total. The molecule has 1 atom stereocenters. The smallest absolute Gasteiger partial charge is 0.0993 e. The summed E-state index contributed by atoms with van der Waals surface area (Å²) >= 11 is 0. The van der Waals surface area contributed by atoms with Crippen molar-refractivity contribution >= 4 is 0 Å². The van der Waals surface area contributed by atoms with Gasteiger partial charge in [-0.15, -0.1) is 0 Å². The molecule has 0 spiro atoms. The Morgan fingerprint density at radius 2 is 1.92 bits per heavy atom. The summed E-state index contributed by atoms with van der Waals surface area (Å²) in [6.07, 6.45) is 5.65. The molecule has 0 radical (unpaired) electrons. The molecule has 12 heavy (non-hydrogen) atoms. The summed E-state index contributed by atoms with van der Waals surface area (Å²) in [7, 11) is 0. The average molecular weight is 171 g/mol. The first-order chi connectivity index (χ1) is 5.83. The maximum atomic E-state index is 5.66. The highest BCUT2D eigenvalue weighted by atomic mass is 16.5. The third-order valence-electron chi connectivity index (χ3n) is 2.57. The molecule has 0 amide bonds. The van der Waals surface area contributed by atoms with E-state index in [-0.39, 0.29) is 0 Å². The summed E-state index contributed by atoms with van der Waals surface area (Å²) < 4.78 is 5.66. The van der Waals surface area contributed by atoms with Crippen LogP contribution in [0.4, 0.5) is 0 Å². The van der Waals surface area contributed by atoms with Crippen LogP contribution in [0, 0.1) is 0 Å². The van der Waals surface area contributed by atoms with Gasteiger partial charge in [-0.1, -0.05) is 13.3 Å². The van der Waals surface area contributed by atoms with Crippen molar-refractivity contribution in [2.45, 2.75) is 45.6 Å². The van der Waals surface area contributed by atoms with Crippen LogP contribution in [0.3, 0.4) is 0 Å². The van der Waals surface area contributed by atoms with Gasteiger partial charge in [-0.05, 0) is 26.2 Å². The fraction of sp³-hybridized carbons (Fsp3) is 1.00. The first-order valence-electron chi connectivity index (χ1n) is 5.17. The number of hydrogen-bond donors (Lipinski definition) is 0. The highest BCUT2D eigenvalue weighted by Crippen LogP contribution is 2.09. The van der Waals surface area contributed by atoms with Crippen molar-refractivity contribution in [2.75, 3.05) is 19.8 Å². The fourth-order valence-electron chi connectivity index (χ4n) is 1.44. The van der Waals surface area contributed by atoms with E-state index >= 15 is 0 Å². The van der Waals surface area contributed by atoms with E-state index in [4.69, 9.17) is 4.74 Å². The lowest BCUT2D eigenvalue weighted by Gasteiger charge is -2.27. The first kappa shape index (κ1) is 10.0. The van der Waals surface area contributed by atoms with Gasteiger partial charge in [0.2, 0.25) is 0 Å². The molecule has 0 bridgehead atoms. The van der Waals surface area contributed by atoms with E-state index in [2.05, 4.69) is 18.7 Å². The topological polar surface area (TPSA) is 12.5 Å². The Morgan fingerprint density at radius 1 is 1.25 bits per heavy atom. The minimum atomic E-state index is 0.423. The van der Waals surface area contributed by atoms with Gasteiger partial charge in [-0.2, -0.15) is 0 Å². The number of rotatable bonds is 4. The zero-order chi connectivity index (χ0) is 8.81. The van der Waals surface area contributed by atoms with Crippen LogP contribution in [0.5, 0.6) is 0 Å². The third kappa shape index (κ3) is 3.55. The zero-order valence-electron chi connectivity index (χ0n) is 8.38. The van der Waals surface area contributed by atoms with Gasteiger partial charge in [0, 0.05) is 13.1 Å². The summed E-state index contributed by atoms with van der Waals surface area (Å²) in [6, 6.07) is 0. The quantitative estimate of drug-likeness (QED) is 0.643. The molecule has 1 heterocycles. The van der Waals surface area contributed by atoms with Crippen molar-refractivity contribution in [1.29, 1.82) is 0 Å². The summed E-state index contributed by atoms with van der Waals surface area (Å²) in [4.78, 5) is 2.41. The van der Waals surface area contributed by atoms with Gasteiger partial charge in [-0.25, -0.2) is 0 Å². The van der Waals surface area contributed by atoms with Crippen molar-refractivity contribution in [3.8, 4) is 0 Å². The van der Waals surface area contributed by atoms with E-state index in [0.29, 0.717) is 6.10 Å². The molecule has 72 valence electrons. The average Bonchev–Trinajstić information content (AvgIpc) is 2.16. The Morgan fingerprint density at radius 3 is 2.50 bits per heavy atom. The molecule has 1 rings (SSSR count). The van der Waals surface area contributed by atoms with Crippen LogP contribution in [0.2, 0.25) is 0 Å². The number of piperidine rings is 1. The minimum absolute atomic E-state index is 0.423. The van der Waals surface area contributed by atoms with Gasteiger partial charge >= 0.3 is 0 Å². The molecule has 2 nitrogen and oxygen atoms in total. The molecule has 0 aromatic carbocycles. The number of likely N-dealkylation sites (tertiary alicyclic amines) is 1. The molecule has 2 heteroatoms. The monoisotopic (exact) mass is 171 g/mol. The van der Waals surface area contributed by atoms with Crippen LogP contribution < -0.4 is 0 Å². The summed E-state index contributed by atoms with van der Waals surface area (Å²) in [6.45, 7) is 7.62. The van der Waals surface area contributed by atoms with Crippen molar-refractivity contribution in [1.82, 2.24) is 4.90 Å². The van der Waals surface area contributed by atoms with Gasteiger partial charge in [0.15, 0.2) is 0 Å². The summed E-state index contributed by atoms with van der Waals surface area (Å²) in [5.74, 6) is 0. The van der Waals surface area contributed by atoms with E-state index in [9.17, 15) is 0 Å². The van der Waals surface area contributed by atoms with Gasteiger partial charge in [0.05, 0.1) is 12.8 Å². The van der Waals surface area contributed by atoms with E-state index in [0.717, 1.165) is 13.2 Å². The number of nitrogens with zero attached hydrogens (tertiary/aromatic N) is 1. The lowest BCUT2D eigenvalue weighted by atomic mass is 10.1. The molecule has 0 saturated carbocycles. The van der Waals surface area contributed by atoms with E-state index < -0.39 is 0 Å². The Bertz CT molecular complexity index is 110. The van der Waals surface area contributed by atoms with Crippen LogP contribution in [0.1, 0.15) is 39.5 Å². The van der Waals surface area contributed by atoms with E-state index in [1.54, 1.807) is 0 Å². The molecule has 1 aliphatic rings. The molecule has 0 aromatic rings. The molecule has 0 aliphatic carbocycles. The van der Waals surface area contributed by atoms with Crippen LogP contribution in [-0.4, -0.2) is 30.8 Å². The van der Waals surface area contributed by atoms with Crippen molar-refractivity contribution in [3.05, 3.63) is 0 Å². The number of ether oxygens (including phenoxy) is 1. The van der Waals surface area contributed by atoms with Gasteiger partial charge in [0.1, 0.15) is 0 Å². The predicted molar refractivity (Wildman–Crippen MR) is 51.1 cm³/mol.